The van der Waals surface area contributed by atoms with Crippen molar-refractivity contribution in [3.8, 4) is 0 Å². The minimum Gasteiger partial charge on any atom is -0.378 e. The van der Waals surface area contributed by atoms with Crippen molar-refractivity contribution in [2.45, 2.75) is 50.1 Å². The van der Waals surface area contributed by atoms with Crippen LogP contribution in [0.15, 0.2) is 42.5 Å². The number of halogens is 3. The summed E-state index contributed by atoms with van der Waals surface area (Å²) in [6.45, 7) is 5.32. The van der Waals surface area contributed by atoms with Gasteiger partial charge in [-0.15, -0.1) is 0 Å². The zero-order valence-corrected chi connectivity index (χ0v) is 16.7. The van der Waals surface area contributed by atoms with Crippen LogP contribution in [0.1, 0.15) is 60.7 Å². The quantitative estimate of drug-likeness (QED) is 0.754. The molecule has 28 heavy (non-hydrogen) atoms. The standard InChI is InChI=1S/C20H23F3N2O2S/c1-12(28(24,26)27)14-6-4-5-7-15(14)18-11-19(2,3)16-10-13(20(21,22)23)8-9-17(16)25-18/h4-10,12,18,25H,11H2,1-3H3,(H2,24,26,27). The summed E-state index contributed by atoms with van der Waals surface area (Å²) in [7, 11) is -3.78. The molecule has 1 aliphatic heterocycles. The summed E-state index contributed by atoms with van der Waals surface area (Å²) in [6, 6.07) is 10.6. The molecule has 4 nitrogen and oxygen atoms in total. The molecule has 0 aliphatic carbocycles. The molecule has 2 aromatic carbocycles. The zero-order chi connectivity index (χ0) is 20.9. The van der Waals surface area contributed by atoms with E-state index < -0.39 is 32.4 Å². The Balaban J connectivity index is 2.05. The summed E-state index contributed by atoms with van der Waals surface area (Å²) in [5.74, 6) is 0. The van der Waals surface area contributed by atoms with Crippen molar-refractivity contribution < 1.29 is 21.6 Å². The van der Waals surface area contributed by atoms with Crippen LogP contribution in [0, 0.1) is 0 Å². The van der Waals surface area contributed by atoms with E-state index in [4.69, 9.17) is 5.14 Å². The molecule has 8 heteroatoms. The third kappa shape index (κ3) is 3.89. The molecule has 152 valence electrons. The second-order valence-electron chi connectivity index (χ2n) is 7.90. The molecule has 0 aromatic heterocycles. The summed E-state index contributed by atoms with van der Waals surface area (Å²) < 4.78 is 63.1. The number of hydrogen-bond donors (Lipinski definition) is 2. The fourth-order valence-corrected chi connectivity index (χ4v) is 4.40. The first-order chi connectivity index (χ1) is 12.8. The van der Waals surface area contributed by atoms with Crippen LogP contribution in [0.4, 0.5) is 18.9 Å². The molecule has 0 saturated carbocycles. The Labute approximate surface area is 163 Å². The summed E-state index contributed by atoms with van der Waals surface area (Å²) in [5, 5.41) is 7.75. The van der Waals surface area contributed by atoms with Gasteiger partial charge in [0.2, 0.25) is 10.0 Å². The highest BCUT2D eigenvalue weighted by Crippen LogP contribution is 2.47. The van der Waals surface area contributed by atoms with E-state index in [1.54, 1.807) is 12.1 Å². The second kappa shape index (κ2) is 6.77. The fourth-order valence-electron chi connectivity index (χ4n) is 3.83. The van der Waals surface area contributed by atoms with Crippen LogP contribution < -0.4 is 10.5 Å². The lowest BCUT2D eigenvalue weighted by Crippen LogP contribution is -2.32. The molecular weight excluding hydrogens is 389 g/mol. The normalized spacial score (nSPS) is 20.2. The highest BCUT2D eigenvalue weighted by atomic mass is 32.2. The Morgan fingerprint density at radius 2 is 1.82 bits per heavy atom. The fraction of sp³-hybridized carbons (Fsp3) is 0.400. The molecule has 2 aromatic rings. The molecule has 0 radical (unpaired) electrons. The first-order valence-corrected chi connectivity index (χ1v) is 10.5. The summed E-state index contributed by atoms with van der Waals surface area (Å²) in [6.07, 6.45) is -3.89. The number of fused-ring (bicyclic) bond motifs is 1. The van der Waals surface area contributed by atoms with E-state index in [-0.39, 0.29) is 6.04 Å². The molecule has 3 rings (SSSR count). The van der Waals surface area contributed by atoms with Gasteiger partial charge in [0.1, 0.15) is 0 Å². The van der Waals surface area contributed by atoms with E-state index >= 15 is 0 Å². The number of primary sulfonamides is 1. The lowest BCUT2D eigenvalue weighted by atomic mass is 9.73. The van der Waals surface area contributed by atoms with E-state index in [2.05, 4.69) is 5.32 Å². The highest BCUT2D eigenvalue weighted by molar-refractivity contribution is 7.89. The van der Waals surface area contributed by atoms with Gasteiger partial charge in [0.15, 0.2) is 0 Å². The van der Waals surface area contributed by atoms with Gasteiger partial charge in [-0.05, 0) is 53.6 Å². The summed E-state index contributed by atoms with van der Waals surface area (Å²) in [5.41, 5.74) is 1.37. The van der Waals surface area contributed by atoms with Crippen molar-refractivity contribution >= 4 is 15.7 Å². The van der Waals surface area contributed by atoms with Gasteiger partial charge < -0.3 is 5.32 Å². The minimum atomic E-state index is -4.40. The third-order valence-electron chi connectivity index (χ3n) is 5.42. The van der Waals surface area contributed by atoms with Gasteiger partial charge in [-0.1, -0.05) is 38.1 Å². The van der Waals surface area contributed by atoms with E-state index in [0.717, 1.165) is 11.6 Å². The monoisotopic (exact) mass is 412 g/mol. The number of alkyl halides is 3. The number of anilines is 1. The van der Waals surface area contributed by atoms with Crippen molar-refractivity contribution in [3.05, 3.63) is 64.7 Å². The van der Waals surface area contributed by atoms with Gasteiger partial charge in [0.25, 0.3) is 0 Å². The van der Waals surface area contributed by atoms with Gasteiger partial charge in [0.05, 0.1) is 16.9 Å². The molecule has 0 fully saturated rings. The number of sulfonamides is 1. The molecule has 0 amide bonds. The van der Waals surface area contributed by atoms with E-state index in [9.17, 15) is 21.6 Å². The van der Waals surface area contributed by atoms with Gasteiger partial charge in [-0.3, -0.25) is 0 Å². The maximum atomic E-state index is 13.1. The Bertz CT molecular complexity index is 1000. The summed E-state index contributed by atoms with van der Waals surface area (Å²) >= 11 is 0. The molecular formula is C20H23F3N2O2S. The number of hydrogen-bond acceptors (Lipinski definition) is 3. The van der Waals surface area contributed by atoms with Gasteiger partial charge in [-0.25, -0.2) is 13.6 Å². The average molecular weight is 412 g/mol. The second-order valence-corrected chi connectivity index (χ2v) is 9.79. The average Bonchev–Trinajstić information content (AvgIpc) is 2.58. The van der Waals surface area contributed by atoms with Crippen LogP contribution in [0.25, 0.3) is 0 Å². The molecule has 1 heterocycles. The smallest absolute Gasteiger partial charge is 0.378 e. The maximum absolute atomic E-state index is 13.1. The number of rotatable bonds is 3. The van der Waals surface area contributed by atoms with Gasteiger partial charge >= 0.3 is 6.18 Å². The highest BCUT2D eigenvalue weighted by Gasteiger charge is 2.38. The maximum Gasteiger partial charge on any atom is 0.416 e. The van der Waals surface area contributed by atoms with E-state index in [0.29, 0.717) is 23.2 Å². The number of benzene rings is 2. The molecule has 1 aliphatic rings. The first-order valence-electron chi connectivity index (χ1n) is 8.89. The van der Waals surface area contributed by atoms with E-state index in [1.165, 1.54) is 19.1 Å². The number of nitrogens with one attached hydrogen (secondary N) is 1. The zero-order valence-electron chi connectivity index (χ0n) is 15.8. The molecule has 2 unspecified atom stereocenters. The molecule has 3 N–H and O–H groups in total. The topological polar surface area (TPSA) is 72.2 Å². The SMILES string of the molecule is CC(c1ccccc1C1CC(C)(C)c2cc(C(F)(F)F)ccc2N1)S(N)(=O)=O. The predicted molar refractivity (Wildman–Crippen MR) is 103 cm³/mol. The van der Waals surface area contributed by atoms with Crippen LogP contribution in [0.2, 0.25) is 0 Å². The Morgan fingerprint density at radius 1 is 1.18 bits per heavy atom. The van der Waals surface area contributed by atoms with Crippen LogP contribution in [0.5, 0.6) is 0 Å². The van der Waals surface area contributed by atoms with Crippen molar-refractivity contribution in [2.75, 3.05) is 5.32 Å². The lowest BCUT2D eigenvalue weighted by Gasteiger charge is -2.40. The predicted octanol–water partition coefficient (Wildman–Crippen LogP) is 4.89. The molecule has 0 saturated heterocycles. The van der Waals surface area contributed by atoms with Crippen molar-refractivity contribution in [3.63, 3.8) is 0 Å². The molecule has 0 spiro atoms. The Kier molecular flexibility index (Phi) is 5.00. The Morgan fingerprint density at radius 3 is 2.43 bits per heavy atom. The first kappa shape index (κ1) is 20.7. The summed E-state index contributed by atoms with van der Waals surface area (Å²) in [4.78, 5) is 0. The molecule has 0 bridgehead atoms. The largest absolute Gasteiger partial charge is 0.416 e. The van der Waals surface area contributed by atoms with Crippen LogP contribution in [-0.4, -0.2) is 8.42 Å². The van der Waals surface area contributed by atoms with Gasteiger partial charge in [-0.2, -0.15) is 13.2 Å². The lowest BCUT2D eigenvalue weighted by molar-refractivity contribution is -0.137. The van der Waals surface area contributed by atoms with Gasteiger partial charge in [0, 0.05) is 5.69 Å². The van der Waals surface area contributed by atoms with Crippen molar-refractivity contribution in [1.82, 2.24) is 0 Å². The number of nitrogens with two attached hydrogens (primary N) is 1. The van der Waals surface area contributed by atoms with Crippen molar-refractivity contribution in [1.29, 1.82) is 0 Å². The minimum absolute atomic E-state index is 0.250. The Hall–Kier alpha value is -2.06. The van der Waals surface area contributed by atoms with Crippen LogP contribution in [-0.2, 0) is 21.6 Å². The van der Waals surface area contributed by atoms with E-state index in [1.807, 2.05) is 26.0 Å². The van der Waals surface area contributed by atoms with Crippen molar-refractivity contribution in [2.24, 2.45) is 5.14 Å². The third-order valence-corrected chi connectivity index (χ3v) is 6.66. The molecule has 2 atom stereocenters. The van der Waals surface area contributed by atoms with Crippen LogP contribution >= 0.6 is 0 Å². The van der Waals surface area contributed by atoms with Crippen LogP contribution in [0.3, 0.4) is 0 Å².